The van der Waals surface area contributed by atoms with Crippen molar-refractivity contribution in [3.63, 3.8) is 0 Å². The van der Waals surface area contributed by atoms with Crippen molar-refractivity contribution in [1.29, 1.82) is 0 Å². The Balaban J connectivity index is 1.36. The van der Waals surface area contributed by atoms with E-state index >= 15 is 0 Å². The fourth-order valence-corrected chi connectivity index (χ4v) is 5.94. The van der Waals surface area contributed by atoms with Crippen LogP contribution in [0.2, 0.25) is 0 Å². The maximum atomic E-state index is 13.0. The van der Waals surface area contributed by atoms with Gasteiger partial charge in [-0.15, -0.1) is 23.1 Å². The molecule has 0 spiro atoms. The Bertz CT molecular complexity index is 1380. The molecule has 2 amide bonds. The van der Waals surface area contributed by atoms with E-state index in [2.05, 4.69) is 15.5 Å². The van der Waals surface area contributed by atoms with Crippen molar-refractivity contribution in [1.82, 2.24) is 19.6 Å². The molecule has 0 bridgehead atoms. The largest absolute Gasteiger partial charge is 0.477 e. The number of carbonyl (C=O) groups is 3. The summed E-state index contributed by atoms with van der Waals surface area (Å²) in [5, 5.41) is 17.5. The van der Waals surface area contributed by atoms with Gasteiger partial charge in [0.1, 0.15) is 42.7 Å². The van der Waals surface area contributed by atoms with E-state index in [9.17, 15) is 19.5 Å². The number of aromatic nitrogens is 3. The highest BCUT2D eigenvalue weighted by Gasteiger charge is 2.54. The molecule has 3 aromatic heterocycles. The first kappa shape index (κ1) is 22.9. The molecule has 3 aromatic rings. The number of hydrogen-bond donors (Lipinski definition) is 3. The zero-order chi connectivity index (χ0) is 24.7. The average Bonchev–Trinajstić information content (AvgIpc) is 3.45. The lowest BCUT2D eigenvalue weighted by molar-refractivity contribution is -0.687. The monoisotopic (exact) mass is 514 g/mol. The van der Waals surface area contributed by atoms with Gasteiger partial charge in [0.2, 0.25) is 6.33 Å². The third-order valence-electron chi connectivity index (χ3n) is 5.57. The molecule has 0 unspecified atom stereocenters. The van der Waals surface area contributed by atoms with Gasteiger partial charge in [0.15, 0.2) is 16.4 Å². The number of thiazole rings is 1. The maximum Gasteiger partial charge on any atom is 0.352 e. The Morgan fingerprint density at radius 1 is 1.43 bits per heavy atom. The van der Waals surface area contributed by atoms with E-state index in [0.29, 0.717) is 17.9 Å². The summed E-state index contributed by atoms with van der Waals surface area (Å²) in [5.41, 5.74) is 7.26. The van der Waals surface area contributed by atoms with Crippen LogP contribution in [0.15, 0.2) is 58.7 Å². The number of amides is 2. The number of carboxylic acid groups (broad SMARTS) is 1. The third kappa shape index (κ3) is 4.10. The van der Waals surface area contributed by atoms with Crippen molar-refractivity contribution in [3.05, 3.63) is 59.3 Å². The number of nitrogens with one attached hydrogen (secondary N) is 1. The normalized spacial score (nSPS) is 20.0. The van der Waals surface area contributed by atoms with Crippen molar-refractivity contribution in [2.24, 2.45) is 5.16 Å². The number of nitrogens with zero attached hydrogens (tertiary/aromatic N) is 5. The van der Waals surface area contributed by atoms with Gasteiger partial charge < -0.3 is 21.0 Å². The molecule has 2 aliphatic heterocycles. The van der Waals surface area contributed by atoms with Crippen LogP contribution < -0.4 is 15.6 Å². The zero-order valence-corrected chi connectivity index (χ0v) is 20.0. The summed E-state index contributed by atoms with van der Waals surface area (Å²) in [6.07, 6.45) is 5.67. The van der Waals surface area contributed by atoms with Crippen LogP contribution in [-0.2, 0) is 25.8 Å². The van der Waals surface area contributed by atoms with E-state index in [0.717, 1.165) is 16.9 Å². The molecule has 35 heavy (non-hydrogen) atoms. The summed E-state index contributed by atoms with van der Waals surface area (Å²) in [6, 6.07) is 4.86. The van der Waals surface area contributed by atoms with E-state index in [1.54, 1.807) is 5.38 Å². The van der Waals surface area contributed by atoms with E-state index in [-0.39, 0.29) is 22.2 Å². The number of carboxylic acids is 1. The number of anilines is 1. The Morgan fingerprint density at radius 3 is 2.94 bits per heavy atom. The first-order chi connectivity index (χ1) is 16.9. The number of pyridine rings is 1. The number of oxime groups is 1. The van der Waals surface area contributed by atoms with E-state index in [1.165, 1.54) is 23.8 Å². The quantitative estimate of drug-likeness (QED) is 0.173. The molecule has 5 rings (SSSR count). The molecular formula is C21H20N7O5S2+. The molecule has 5 heterocycles. The van der Waals surface area contributed by atoms with Crippen molar-refractivity contribution in [3.8, 4) is 0 Å². The summed E-state index contributed by atoms with van der Waals surface area (Å²) >= 11 is 2.53. The Hall–Kier alpha value is -3.91. The van der Waals surface area contributed by atoms with Crippen LogP contribution in [0.5, 0.6) is 0 Å². The second-order valence-corrected chi connectivity index (χ2v) is 9.76. The number of fused-ring (bicyclic) bond motifs is 2. The van der Waals surface area contributed by atoms with Gasteiger partial charge >= 0.3 is 5.97 Å². The summed E-state index contributed by atoms with van der Waals surface area (Å²) in [4.78, 5) is 48.0. The molecular weight excluding hydrogens is 494 g/mol. The average molecular weight is 515 g/mol. The molecule has 2 aliphatic rings. The third-order valence-corrected chi connectivity index (χ3v) is 7.58. The standard InChI is InChI=1S/C21H19N7O5S2/c1-33-25-14(13-9-35-21(22)23-13)17(29)24-15-18(30)28-16(20(31)32)11(8-34-19(15)28)6-26-7-12-4-2-3-5-27(12)10-26/h2-5,7,9-10,15,19H,6,8H2,1H3,(H3-,22,23,24,29,31,32)/p+1/b25-14+/t15-,19-/m1/s1. The minimum absolute atomic E-state index is 0.0509. The Labute approximate surface area is 206 Å². The Morgan fingerprint density at radius 2 is 2.26 bits per heavy atom. The number of rotatable bonds is 7. The summed E-state index contributed by atoms with van der Waals surface area (Å²) < 4.78 is 3.81. The van der Waals surface area contributed by atoms with Gasteiger partial charge in [-0.2, -0.15) is 0 Å². The van der Waals surface area contributed by atoms with Crippen molar-refractivity contribution < 1.29 is 28.9 Å². The highest BCUT2D eigenvalue weighted by molar-refractivity contribution is 8.00. The molecule has 1 fully saturated rings. The predicted molar refractivity (Wildman–Crippen MR) is 127 cm³/mol. The van der Waals surface area contributed by atoms with Gasteiger partial charge in [0.05, 0.1) is 6.20 Å². The topological polar surface area (TPSA) is 156 Å². The van der Waals surface area contributed by atoms with Crippen LogP contribution in [0.3, 0.4) is 0 Å². The number of β-lactam (4-membered cyclic amide) rings is 1. The lowest BCUT2D eigenvalue weighted by Crippen LogP contribution is -2.71. The second-order valence-electron chi connectivity index (χ2n) is 7.76. The molecule has 0 aliphatic carbocycles. The van der Waals surface area contributed by atoms with Gasteiger partial charge in [-0.05, 0) is 12.1 Å². The minimum atomic E-state index is -1.19. The number of imidazole rings is 1. The number of nitrogen functional groups attached to an aromatic ring is 1. The van der Waals surface area contributed by atoms with Crippen LogP contribution in [-0.4, -0.2) is 67.2 Å². The lowest BCUT2D eigenvalue weighted by Gasteiger charge is -2.49. The van der Waals surface area contributed by atoms with E-state index in [4.69, 9.17) is 10.6 Å². The van der Waals surface area contributed by atoms with Crippen molar-refractivity contribution in [2.75, 3.05) is 18.6 Å². The number of hydrogen-bond acceptors (Lipinski definition) is 9. The number of carbonyl (C=O) groups excluding carboxylic acids is 2. The predicted octanol–water partition coefficient (Wildman–Crippen LogP) is 0.0548. The van der Waals surface area contributed by atoms with E-state index in [1.807, 2.05) is 45.9 Å². The number of nitrogens with two attached hydrogens (primary N) is 1. The molecule has 0 radical (unpaired) electrons. The second kappa shape index (κ2) is 9.03. The van der Waals surface area contributed by atoms with Crippen LogP contribution in [0.25, 0.3) is 5.52 Å². The first-order valence-corrected chi connectivity index (χ1v) is 12.3. The number of thioether (sulfide) groups is 1. The fraction of sp³-hybridized carbons (Fsp3) is 0.238. The van der Waals surface area contributed by atoms with Crippen molar-refractivity contribution >= 4 is 57.2 Å². The van der Waals surface area contributed by atoms with Crippen molar-refractivity contribution in [2.45, 2.75) is 18.0 Å². The SMILES string of the molecule is CO/N=C(/C(=O)N[C@@H]1C(=O)N2C(C(=O)O)=C(C[n+]3cc4ccccn4c3)CS[C@H]12)c1csc(N)n1. The van der Waals surface area contributed by atoms with Crippen LogP contribution in [0.4, 0.5) is 5.13 Å². The fourth-order valence-electron chi connectivity index (χ4n) is 4.06. The van der Waals surface area contributed by atoms with Gasteiger partial charge in [0, 0.05) is 16.7 Å². The summed E-state index contributed by atoms with van der Waals surface area (Å²) in [6.45, 7) is 0.319. The van der Waals surface area contributed by atoms with Gasteiger partial charge in [-0.3, -0.25) is 14.5 Å². The highest BCUT2D eigenvalue weighted by Crippen LogP contribution is 2.40. The summed E-state index contributed by atoms with van der Waals surface area (Å²) in [5.74, 6) is -1.97. The minimum Gasteiger partial charge on any atom is -0.477 e. The molecule has 0 saturated carbocycles. The molecule has 180 valence electrons. The van der Waals surface area contributed by atoms with Gasteiger partial charge in [0.25, 0.3) is 11.8 Å². The Kier molecular flexibility index (Phi) is 5.90. The highest BCUT2D eigenvalue weighted by atomic mass is 32.2. The molecule has 12 nitrogen and oxygen atoms in total. The lowest BCUT2D eigenvalue weighted by atomic mass is 10.0. The van der Waals surface area contributed by atoms with Gasteiger partial charge in [-0.1, -0.05) is 11.2 Å². The van der Waals surface area contributed by atoms with Crippen LogP contribution in [0.1, 0.15) is 5.69 Å². The number of aliphatic carboxylic acids is 1. The van der Waals surface area contributed by atoms with Gasteiger partial charge in [-0.25, -0.2) is 18.7 Å². The van der Waals surface area contributed by atoms with E-state index < -0.39 is 29.2 Å². The zero-order valence-electron chi connectivity index (χ0n) is 18.3. The first-order valence-electron chi connectivity index (χ1n) is 10.4. The molecule has 4 N–H and O–H groups in total. The smallest absolute Gasteiger partial charge is 0.352 e. The molecule has 0 aromatic carbocycles. The molecule has 2 atom stereocenters. The van der Waals surface area contributed by atoms with Crippen LogP contribution >= 0.6 is 23.1 Å². The molecule has 1 saturated heterocycles. The summed E-state index contributed by atoms with van der Waals surface area (Å²) in [7, 11) is 1.29. The maximum absolute atomic E-state index is 13.0. The molecule has 14 heteroatoms. The van der Waals surface area contributed by atoms with Crippen LogP contribution in [0, 0.1) is 0 Å².